The molecule has 0 spiro atoms. The number of rotatable bonds is 66. The first-order valence-corrected chi connectivity index (χ1v) is 36.3. The first kappa shape index (κ1) is 84.4. The predicted octanol–water partition coefficient (Wildman–Crippen LogP) is 21.6. The topological polar surface area (TPSA) is 111 Å². The van der Waals surface area contributed by atoms with E-state index in [4.69, 9.17) is 18.9 Å². The van der Waals surface area contributed by atoms with Gasteiger partial charge in [0.05, 0.1) is 40.3 Å². The normalized spacial score (nSPS) is 13.5. The molecule has 0 amide bonds. The number of unbranched alkanes of at least 4 members (excludes halogenated alkanes) is 29. The second-order valence-electron chi connectivity index (χ2n) is 25.1. The lowest BCUT2D eigenvalue weighted by Gasteiger charge is -2.26. The van der Waals surface area contributed by atoms with E-state index in [0.29, 0.717) is 17.4 Å². The molecular formula is C80H135NO8. The molecule has 0 saturated heterocycles. The summed E-state index contributed by atoms with van der Waals surface area (Å²) in [5.74, 6) is -2.29. The number of carbonyl (C=O) groups is 3. The Morgan fingerprint density at radius 2 is 0.640 bits per heavy atom. The van der Waals surface area contributed by atoms with Crippen LogP contribution < -0.4 is 5.11 Å². The molecule has 0 aromatic carbocycles. The minimum Gasteiger partial charge on any atom is -0.545 e. The highest BCUT2D eigenvalue weighted by Gasteiger charge is 2.22. The first-order valence-electron chi connectivity index (χ1n) is 36.3. The molecule has 508 valence electrons. The SMILES string of the molecule is CC/C=C\C/C=C\C/C=C\C/C=C\C/C=C\C/C=C\C/C=C\C/C=C\CCCCCCCCCCCCCCCCCCC(=O)OC(COC(=O)CCCCCCCCCC/C=C\C/C=C\C/C=C\CCCCCCC)COC(OCC[N+](C)(C)C)C(=O)[O-]. The fraction of sp³-hybridized carbons (Fsp3) is 0.688. The molecular weight excluding hydrogens is 1100 g/mol. The third kappa shape index (κ3) is 70.7. The molecule has 9 heteroatoms. The van der Waals surface area contributed by atoms with E-state index in [9.17, 15) is 19.5 Å². The van der Waals surface area contributed by atoms with Gasteiger partial charge in [0.15, 0.2) is 12.4 Å². The highest BCUT2D eigenvalue weighted by molar-refractivity contribution is 5.70. The van der Waals surface area contributed by atoms with E-state index in [1.54, 1.807) is 0 Å². The summed E-state index contributed by atoms with van der Waals surface area (Å²) in [4.78, 5) is 37.5. The smallest absolute Gasteiger partial charge is 0.306 e. The van der Waals surface area contributed by atoms with Crippen molar-refractivity contribution in [1.82, 2.24) is 0 Å². The van der Waals surface area contributed by atoms with E-state index in [-0.39, 0.29) is 38.6 Å². The van der Waals surface area contributed by atoms with Gasteiger partial charge < -0.3 is 33.3 Å². The van der Waals surface area contributed by atoms with Gasteiger partial charge in [-0.05, 0) is 116 Å². The maximum Gasteiger partial charge on any atom is 0.306 e. The van der Waals surface area contributed by atoms with Crippen LogP contribution in [0.1, 0.15) is 296 Å². The van der Waals surface area contributed by atoms with Gasteiger partial charge in [-0.3, -0.25) is 9.59 Å². The quantitative estimate of drug-likeness (QED) is 0.0195. The van der Waals surface area contributed by atoms with Crippen molar-refractivity contribution >= 4 is 17.9 Å². The zero-order chi connectivity index (χ0) is 64.7. The van der Waals surface area contributed by atoms with Crippen molar-refractivity contribution < 1.29 is 42.9 Å². The molecule has 0 bridgehead atoms. The number of ether oxygens (including phenoxy) is 4. The Kier molecular flexibility index (Phi) is 65.8. The fourth-order valence-corrected chi connectivity index (χ4v) is 9.86. The van der Waals surface area contributed by atoms with Gasteiger partial charge >= 0.3 is 11.9 Å². The van der Waals surface area contributed by atoms with Crippen LogP contribution in [0.15, 0.2) is 134 Å². The zero-order valence-electron chi connectivity index (χ0n) is 58.0. The molecule has 0 aliphatic rings. The second kappa shape index (κ2) is 69.3. The number of hydrogen-bond donors (Lipinski definition) is 0. The third-order valence-electron chi connectivity index (χ3n) is 15.4. The van der Waals surface area contributed by atoms with Gasteiger partial charge in [0.25, 0.3) is 0 Å². The van der Waals surface area contributed by atoms with Crippen LogP contribution in [0.25, 0.3) is 0 Å². The predicted molar refractivity (Wildman–Crippen MR) is 379 cm³/mol. The molecule has 0 heterocycles. The largest absolute Gasteiger partial charge is 0.545 e. The maximum absolute atomic E-state index is 12.9. The third-order valence-corrected chi connectivity index (χ3v) is 15.4. The van der Waals surface area contributed by atoms with Crippen molar-refractivity contribution in [3.05, 3.63) is 134 Å². The van der Waals surface area contributed by atoms with Crippen LogP contribution in [0.2, 0.25) is 0 Å². The lowest BCUT2D eigenvalue weighted by molar-refractivity contribution is -0.870. The lowest BCUT2D eigenvalue weighted by atomic mass is 10.0. The number of quaternary nitrogens is 1. The summed E-state index contributed by atoms with van der Waals surface area (Å²) in [5.41, 5.74) is 0. The molecule has 0 rings (SSSR count). The van der Waals surface area contributed by atoms with Crippen molar-refractivity contribution in [2.45, 2.75) is 309 Å². The number of aliphatic carboxylic acids is 1. The average Bonchev–Trinajstić information content (AvgIpc) is 3.64. The molecule has 0 N–H and O–H groups in total. The average molecular weight is 1240 g/mol. The van der Waals surface area contributed by atoms with Gasteiger partial charge in [-0.25, -0.2) is 0 Å². The Balaban J connectivity index is 4.09. The van der Waals surface area contributed by atoms with Crippen molar-refractivity contribution in [2.75, 3.05) is 47.5 Å². The summed E-state index contributed by atoms with van der Waals surface area (Å²) in [7, 11) is 5.93. The molecule has 2 unspecified atom stereocenters. The highest BCUT2D eigenvalue weighted by Crippen LogP contribution is 2.17. The molecule has 9 nitrogen and oxygen atoms in total. The number of hydrogen-bond acceptors (Lipinski definition) is 8. The van der Waals surface area contributed by atoms with Crippen LogP contribution in [0, 0.1) is 0 Å². The van der Waals surface area contributed by atoms with E-state index in [1.165, 1.54) is 148 Å². The molecule has 0 aromatic rings. The highest BCUT2D eigenvalue weighted by atomic mass is 16.7. The van der Waals surface area contributed by atoms with Crippen LogP contribution >= 0.6 is 0 Å². The Hall–Kier alpha value is -4.57. The number of carbonyl (C=O) groups excluding carboxylic acids is 3. The van der Waals surface area contributed by atoms with E-state index in [0.717, 1.165) is 116 Å². The van der Waals surface area contributed by atoms with Crippen LogP contribution in [0.4, 0.5) is 0 Å². The van der Waals surface area contributed by atoms with E-state index in [1.807, 2.05) is 21.1 Å². The second-order valence-corrected chi connectivity index (χ2v) is 25.1. The van der Waals surface area contributed by atoms with E-state index in [2.05, 4.69) is 148 Å². The van der Waals surface area contributed by atoms with Gasteiger partial charge in [-0.2, -0.15) is 0 Å². The maximum atomic E-state index is 12.9. The monoisotopic (exact) mass is 1240 g/mol. The summed E-state index contributed by atoms with van der Waals surface area (Å²) < 4.78 is 22.8. The van der Waals surface area contributed by atoms with E-state index >= 15 is 0 Å². The van der Waals surface area contributed by atoms with E-state index < -0.39 is 24.3 Å². The van der Waals surface area contributed by atoms with Crippen molar-refractivity contribution in [3.63, 3.8) is 0 Å². The van der Waals surface area contributed by atoms with Crippen LogP contribution in [-0.4, -0.2) is 82.3 Å². The Bertz CT molecular complexity index is 1930. The molecule has 0 fully saturated rings. The molecule has 2 atom stereocenters. The summed E-state index contributed by atoms with van der Waals surface area (Å²) in [6.45, 7) is 4.63. The minimum atomic E-state index is -1.63. The number of carboxylic acid groups (broad SMARTS) is 1. The fourth-order valence-electron chi connectivity index (χ4n) is 9.86. The van der Waals surface area contributed by atoms with Gasteiger partial charge in [0, 0.05) is 12.8 Å². The summed E-state index contributed by atoms with van der Waals surface area (Å²) in [6.07, 6.45) is 96.8. The Morgan fingerprint density at radius 1 is 0.348 bits per heavy atom. The number of allylic oxidation sites excluding steroid dienone is 22. The van der Waals surface area contributed by atoms with Crippen LogP contribution in [-0.2, 0) is 33.3 Å². The van der Waals surface area contributed by atoms with Crippen LogP contribution in [0.5, 0.6) is 0 Å². The number of likely N-dealkylation sites (N-methyl/N-ethyl adjacent to an activating group) is 1. The summed E-state index contributed by atoms with van der Waals surface area (Å²) in [5, 5.41) is 11.8. The standard InChI is InChI=1S/C80H135NO8/c1-6-8-10-12-14-16-18-20-22-24-26-28-30-31-32-33-34-35-36-37-38-39-40-41-42-43-44-45-46-47-49-51-53-55-57-59-61-63-65-67-69-71-78(83)89-76(75-88-80(79(84)85)86-73-72-81(3,4)5)74-87-77(82)70-68-66-64-62-60-58-56-54-52-50-48-29-27-25-23-21-19-17-15-13-11-9-7-2/h8,10,14,16,19-22,25-28,31-32,34-35,37-38,40-41,48,50,76,80H,6-7,9,11-13,15,17-18,23-24,29-30,33,36,39,42-47,49,51-75H2,1-5H3/b10-8-,16-14-,21-19-,22-20-,27-25-,28-26-,32-31-,35-34-,38-37-,41-40-,50-48-. The summed E-state index contributed by atoms with van der Waals surface area (Å²) in [6, 6.07) is 0. The van der Waals surface area contributed by atoms with Gasteiger partial charge in [-0.1, -0.05) is 302 Å². The van der Waals surface area contributed by atoms with Gasteiger partial charge in [0.2, 0.25) is 0 Å². The Labute approximate surface area is 548 Å². The zero-order valence-corrected chi connectivity index (χ0v) is 58.0. The number of nitrogens with zero attached hydrogens (tertiary/aromatic N) is 1. The molecule has 89 heavy (non-hydrogen) atoms. The molecule has 0 saturated carbocycles. The number of esters is 2. The van der Waals surface area contributed by atoms with Gasteiger partial charge in [-0.15, -0.1) is 0 Å². The van der Waals surface area contributed by atoms with Crippen molar-refractivity contribution in [1.29, 1.82) is 0 Å². The van der Waals surface area contributed by atoms with Crippen molar-refractivity contribution in [2.24, 2.45) is 0 Å². The van der Waals surface area contributed by atoms with Crippen molar-refractivity contribution in [3.8, 4) is 0 Å². The minimum absolute atomic E-state index is 0.142. The number of carboxylic acids is 1. The van der Waals surface area contributed by atoms with Crippen LogP contribution in [0.3, 0.4) is 0 Å². The Morgan fingerprint density at radius 3 is 0.955 bits per heavy atom. The first-order chi connectivity index (χ1) is 43.6. The van der Waals surface area contributed by atoms with Gasteiger partial charge in [0.1, 0.15) is 13.2 Å². The summed E-state index contributed by atoms with van der Waals surface area (Å²) >= 11 is 0. The molecule has 0 radical (unpaired) electrons. The molecule has 0 aliphatic heterocycles. The lowest BCUT2D eigenvalue weighted by Crippen LogP contribution is -2.44. The molecule has 0 aromatic heterocycles. The molecule has 0 aliphatic carbocycles.